The zero-order chi connectivity index (χ0) is 17.2. The van der Waals surface area contributed by atoms with Gasteiger partial charge in [0.2, 0.25) is 0 Å². The van der Waals surface area contributed by atoms with E-state index in [-0.39, 0.29) is 6.04 Å². The number of likely N-dealkylation sites (N-methyl/N-ethyl adjacent to an activating group) is 1. The second-order valence-electron chi connectivity index (χ2n) is 6.96. The van der Waals surface area contributed by atoms with E-state index < -0.39 is 5.60 Å². The number of nitrogens with zero attached hydrogens (tertiary/aromatic N) is 4. The topological polar surface area (TPSA) is 44.5 Å². The molecule has 0 aliphatic carbocycles. The minimum absolute atomic E-state index is 0.0647. The number of hydrogen-bond acceptors (Lipinski definition) is 4. The molecule has 0 saturated carbocycles. The van der Waals surface area contributed by atoms with Crippen LogP contribution in [0.2, 0.25) is 0 Å². The van der Waals surface area contributed by atoms with Crippen molar-refractivity contribution < 1.29 is 5.11 Å². The lowest BCUT2D eigenvalue weighted by molar-refractivity contribution is -0.0892. The number of benzene rings is 1. The van der Waals surface area contributed by atoms with Crippen LogP contribution < -0.4 is 0 Å². The Bertz CT molecular complexity index is 654. The van der Waals surface area contributed by atoms with Crippen molar-refractivity contribution in [2.45, 2.75) is 38.1 Å². The summed E-state index contributed by atoms with van der Waals surface area (Å²) in [5.74, 6) is 0. The molecule has 0 bridgehead atoms. The molecule has 1 fully saturated rings. The maximum atomic E-state index is 11.4. The van der Waals surface area contributed by atoms with Gasteiger partial charge in [0.25, 0.3) is 0 Å². The van der Waals surface area contributed by atoms with Gasteiger partial charge in [0.15, 0.2) is 0 Å². The van der Waals surface area contributed by atoms with E-state index in [4.69, 9.17) is 0 Å². The SMILES string of the molecule is CCn1cc(CN2CCC(O)(c3ccccc3)[C@H](N(C)C)C2)cn1. The second-order valence-corrected chi connectivity index (χ2v) is 6.96. The lowest BCUT2D eigenvalue weighted by Crippen LogP contribution is -2.58. The molecule has 1 aliphatic rings. The van der Waals surface area contributed by atoms with E-state index in [9.17, 15) is 5.11 Å². The Kier molecular flexibility index (Phi) is 5.04. The van der Waals surface area contributed by atoms with Crippen LogP contribution in [-0.2, 0) is 18.7 Å². The summed E-state index contributed by atoms with van der Waals surface area (Å²) < 4.78 is 1.96. The quantitative estimate of drug-likeness (QED) is 0.911. The van der Waals surface area contributed by atoms with Crippen LogP contribution in [0.4, 0.5) is 0 Å². The molecular formula is C19H28N4O. The molecule has 0 amide bonds. The van der Waals surface area contributed by atoms with Crippen LogP contribution >= 0.6 is 0 Å². The number of piperidine rings is 1. The third-order valence-corrected chi connectivity index (χ3v) is 5.11. The molecule has 3 rings (SSSR count). The minimum atomic E-state index is -0.797. The molecule has 1 aliphatic heterocycles. The fourth-order valence-electron chi connectivity index (χ4n) is 3.70. The number of aliphatic hydroxyl groups is 1. The van der Waals surface area contributed by atoms with Gasteiger partial charge >= 0.3 is 0 Å². The van der Waals surface area contributed by atoms with Crippen molar-refractivity contribution in [3.8, 4) is 0 Å². The summed E-state index contributed by atoms with van der Waals surface area (Å²) in [7, 11) is 4.11. The van der Waals surface area contributed by atoms with Crippen molar-refractivity contribution >= 4 is 0 Å². The third-order valence-electron chi connectivity index (χ3n) is 5.11. The largest absolute Gasteiger partial charge is 0.383 e. The molecule has 130 valence electrons. The molecule has 5 nitrogen and oxygen atoms in total. The molecule has 1 aromatic heterocycles. The number of likely N-dealkylation sites (tertiary alicyclic amines) is 1. The Morgan fingerprint density at radius 3 is 2.67 bits per heavy atom. The summed E-state index contributed by atoms with van der Waals surface area (Å²) in [4.78, 5) is 4.56. The predicted octanol–water partition coefficient (Wildman–Crippen LogP) is 1.93. The van der Waals surface area contributed by atoms with Gasteiger partial charge in [-0.1, -0.05) is 30.3 Å². The van der Waals surface area contributed by atoms with Gasteiger partial charge in [0.1, 0.15) is 5.60 Å². The maximum Gasteiger partial charge on any atom is 0.107 e. The van der Waals surface area contributed by atoms with Gasteiger partial charge in [-0.15, -0.1) is 0 Å². The summed E-state index contributed by atoms with van der Waals surface area (Å²) in [6.45, 7) is 5.60. The van der Waals surface area contributed by atoms with Crippen molar-refractivity contribution in [2.24, 2.45) is 0 Å². The van der Waals surface area contributed by atoms with E-state index in [2.05, 4.69) is 42.1 Å². The Labute approximate surface area is 144 Å². The van der Waals surface area contributed by atoms with Crippen molar-refractivity contribution in [1.82, 2.24) is 19.6 Å². The van der Waals surface area contributed by atoms with Crippen LogP contribution in [-0.4, -0.2) is 57.9 Å². The molecule has 0 spiro atoms. The van der Waals surface area contributed by atoms with Crippen molar-refractivity contribution in [2.75, 3.05) is 27.2 Å². The van der Waals surface area contributed by atoms with Crippen LogP contribution in [0.1, 0.15) is 24.5 Å². The normalized spacial score (nSPS) is 25.3. The van der Waals surface area contributed by atoms with E-state index in [1.54, 1.807) is 0 Å². The fourth-order valence-corrected chi connectivity index (χ4v) is 3.70. The smallest absolute Gasteiger partial charge is 0.107 e. The van der Waals surface area contributed by atoms with E-state index in [0.717, 1.165) is 38.2 Å². The highest BCUT2D eigenvalue weighted by atomic mass is 16.3. The third kappa shape index (κ3) is 3.38. The molecule has 1 N–H and O–H groups in total. The first-order chi connectivity index (χ1) is 11.5. The molecule has 1 saturated heterocycles. The fraction of sp³-hybridized carbons (Fsp3) is 0.526. The van der Waals surface area contributed by atoms with Crippen LogP contribution in [0.25, 0.3) is 0 Å². The van der Waals surface area contributed by atoms with Gasteiger partial charge < -0.3 is 10.0 Å². The van der Waals surface area contributed by atoms with Crippen LogP contribution in [0.15, 0.2) is 42.7 Å². The Hall–Kier alpha value is -1.69. The van der Waals surface area contributed by atoms with Crippen LogP contribution in [0.5, 0.6) is 0 Å². The minimum Gasteiger partial charge on any atom is -0.383 e. The Morgan fingerprint density at radius 1 is 1.29 bits per heavy atom. The first kappa shape index (κ1) is 17.1. The van der Waals surface area contributed by atoms with E-state index >= 15 is 0 Å². The van der Waals surface area contributed by atoms with Gasteiger partial charge in [0.05, 0.1) is 12.2 Å². The zero-order valence-electron chi connectivity index (χ0n) is 14.9. The summed E-state index contributed by atoms with van der Waals surface area (Å²) in [6.07, 6.45) is 4.80. The highest BCUT2D eigenvalue weighted by Crippen LogP contribution is 2.35. The summed E-state index contributed by atoms with van der Waals surface area (Å²) in [6, 6.07) is 10.2. The van der Waals surface area contributed by atoms with Crippen molar-refractivity contribution in [1.29, 1.82) is 0 Å². The number of hydrogen-bond donors (Lipinski definition) is 1. The van der Waals surface area contributed by atoms with Crippen molar-refractivity contribution in [3.05, 3.63) is 53.9 Å². The lowest BCUT2D eigenvalue weighted by Gasteiger charge is -2.47. The van der Waals surface area contributed by atoms with Gasteiger partial charge in [-0.3, -0.25) is 9.58 Å². The second kappa shape index (κ2) is 7.05. The average molecular weight is 328 g/mol. The van der Waals surface area contributed by atoms with Crippen molar-refractivity contribution in [3.63, 3.8) is 0 Å². The molecule has 0 radical (unpaired) electrons. The van der Waals surface area contributed by atoms with Crippen LogP contribution in [0, 0.1) is 0 Å². The number of aryl methyl sites for hydroxylation is 1. The molecule has 5 heteroatoms. The average Bonchev–Trinajstić information content (AvgIpc) is 3.05. The first-order valence-corrected chi connectivity index (χ1v) is 8.71. The predicted molar refractivity (Wildman–Crippen MR) is 95.6 cm³/mol. The number of aromatic nitrogens is 2. The highest BCUT2D eigenvalue weighted by molar-refractivity contribution is 5.26. The van der Waals surface area contributed by atoms with Gasteiger partial charge in [-0.05, 0) is 33.0 Å². The van der Waals surface area contributed by atoms with E-state index in [1.165, 1.54) is 5.56 Å². The molecule has 24 heavy (non-hydrogen) atoms. The summed E-state index contributed by atoms with van der Waals surface area (Å²) >= 11 is 0. The Balaban J connectivity index is 1.76. The maximum absolute atomic E-state index is 11.4. The van der Waals surface area contributed by atoms with Gasteiger partial charge in [-0.2, -0.15) is 5.10 Å². The first-order valence-electron chi connectivity index (χ1n) is 8.71. The lowest BCUT2D eigenvalue weighted by atomic mass is 9.80. The van der Waals surface area contributed by atoms with E-state index in [1.807, 2.05) is 41.2 Å². The standard InChI is InChI=1S/C19H28N4O/c1-4-23-14-16(12-20-23)13-22-11-10-19(24,18(15-22)21(2)3)17-8-6-5-7-9-17/h5-9,12,14,18,24H,4,10-11,13,15H2,1-3H3/t18-,19?/m1/s1. The highest BCUT2D eigenvalue weighted by Gasteiger charge is 2.43. The number of rotatable bonds is 5. The molecule has 2 aromatic rings. The summed E-state index contributed by atoms with van der Waals surface area (Å²) in [5, 5.41) is 15.8. The molecule has 2 heterocycles. The van der Waals surface area contributed by atoms with Gasteiger partial charge in [0, 0.05) is 37.9 Å². The zero-order valence-corrected chi connectivity index (χ0v) is 14.9. The molecular weight excluding hydrogens is 300 g/mol. The van der Waals surface area contributed by atoms with E-state index in [0.29, 0.717) is 0 Å². The van der Waals surface area contributed by atoms with Gasteiger partial charge in [-0.25, -0.2) is 0 Å². The molecule has 1 unspecified atom stereocenters. The molecule has 1 aromatic carbocycles. The summed E-state index contributed by atoms with van der Waals surface area (Å²) in [5.41, 5.74) is 1.45. The van der Waals surface area contributed by atoms with Crippen LogP contribution in [0.3, 0.4) is 0 Å². The Morgan fingerprint density at radius 2 is 2.04 bits per heavy atom. The monoisotopic (exact) mass is 328 g/mol. The molecule has 2 atom stereocenters.